The molecule has 0 aliphatic rings. The Morgan fingerprint density at radius 1 is 1.14 bits per heavy atom. The van der Waals surface area contributed by atoms with E-state index in [1.165, 1.54) is 11.3 Å². The molecule has 0 aliphatic heterocycles. The molecule has 0 bridgehead atoms. The molecule has 0 fully saturated rings. The van der Waals surface area contributed by atoms with Gasteiger partial charge < -0.3 is 16.0 Å². The lowest BCUT2D eigenvalue weighted by Gasteiger charge is -2.09. The molecule has 0 atom stereocenters. The third kappa shape index (κ3) is 4.70. The molecule has 2 aromatic heterocycles. The van der Waals surface area contributed by atoms with Gasteiger partial charge in [-0.2, -0.15) is 0 Å². The maximum atomic E-state index is 11.9. The van der Waals surface area contributed by atoms with E-state index in [2.05, 4.69) is 25.9 Å². The molecule has 6 nitrogen and oxygen atoms in total. The van der Waals surface area contributed by atoms with E-state index < -0.39 is 0 Å². The Morgan fingerprint density at radius 3 is 2.50 bits per heavy atom. The Labute approximate surface area is 134 Å². The summed E-state index contributed by atoms with van der Waals surface area (Å²) >= 11 is 1.46. The number of carbonyl (C=O) groups excluding carboxylic acids is 1. The lowest BCUT2D eigenvalue weighted by Crippen LogP contribution is -2.28. The van der Waals surface area contributed by atoms with Crippen LogP contribution in [0.1, 0.15) is 28.0 Å². The number of hydrogen-bond acceptors (Lipinski definition) is 6. The van der Waals surface area contributed by atoms with Crippen molar-refractivity contribution in [3.8, 4) is 0 Å². The fourth-order valence-corrected chi connectivity index (χ4v) is 2.75. The van der Waals surface area contributed by atoms with Crippen LogP contribution in [0.5, 0.6) is 0 Å². The maximum Gasteiger partial charge on any atom is 0.261 e. The zero-order valence-electron chi connectivity index (χ0n) is 13.1. The highest BCUT2D eigenvalue weighted by Gasteiger charge is 2.07. The summed E-state index contributed by atoms with van der Waals surface area (Å²) in [5, 5.41) is 11.2. The van der Waals surface area contributed by atoms with Crippen LogP contribution in [-0.4, -0.2) is 35.5 Å². The van der Waals surface area contributed by atoms with Crippen molar-refractivity contribution in [2.75, 3.05) is 30.3 Å². The summed E-state index contributed by atoms with van der Waals surface area (Å²) in [6.45, 7) is 7.81. The van der Waals surface area contributed by atoms with E-state index in [0.717, 1.165) is 28.6 Å². The van der Waals surface area contributed by atoms with Gasteiger partial charge in [-0.15, -0.1) is 11.3 Å². The number of nitrogens with one attached hydrogen (secondary N) is 3. The van der Waals surface area contributed by atoms with E-state index in [9.17, 15) is 4.79 Å². The second-order valence-corrected chi connectivity index (χ2v) is 5.80. The van der Waals surface area contributed by atoms with Gasteiger partial charge in [-0.1, -0.05) is 0 Å². The molecule has 118 valence electrons. The number of anilines is 2. The first-order chi connectivity index (χ1) is 10.6. The summed E-state index contributed by atoms with van der Waals surface area (Å²) in [7, 11) is 0. The molecule has 22 heavy (non-hydrogen) atoms. The minimum absolute atomic E-state index is 0.0351. The van der Waals surface area contributed by atoms with Crippen molar-refractivity contribution >= 4 is 28.9 Å². The third-order valence-electron chi connectivity index (χ3n) is 2.87. The van der Waals surface area contributed by atoms with E-state index >= 15 is 0 Å². The quantitative estimate of drug-likeness (QED) is 0.683. The number of aromatic nitrogens is 2. The van der Waals surface area contributed by atoms with Crippen molar-refractivity contribution in [3.63, 3.8) is 0 Å². The fourth-order valence-electron chi connectivity index (χ4n) is 1.93. The average molecular weight is 319 g/mol. The summed E-state index contributed by atoms with van der Waals surface area (Å²) in [6.07, 6.45) is 0. The number of carbonyl (C=O) groups is 1. The monoisotopic (exact) mass is 319 g/mol. The van der Waals surface area contributed by atoms with Crippen LogP contribution >= 0.6 is 11.3 Å². The van der Waals surface area contributed by atoms with Gasteiger partial charge in [-0.25, -0.2) is 9.97 Å². The Bertz CT molecular complexity index is 641. The standard InChI is InChI=1S/C15H21N5OS/c1-4-16-13-8-14(20-11(3)19-13)17-5-6-18-15(21)12-7-10(2)9-22-12/h7-9H,4-6H2,1-3H3,(H,18,21)(H2,16,17,19,20). The van der Waals surface area contributed by atoms with E-state index in [4.69, 9.17) is 0 Å². The third-order valence-corrected chi connectivity index (χ3v) is 3.91. The van der Waals surface area contributed by atoms with Crippen molar-refractivity contribution in [3.05, 3.63) is 33.8 Å². The largest absolute Gasteiger partial charge is 0.370 e. The van der Waals surface area contributed by atoms with Gasteiger partial charge in [0.05, 0.1) is 4.88 Å². The number of hydrogen-bond donors (Lipinski definition) is 3. The highest BCUT2D eigenvalue weighted by Crippen LogP contribution is 2.13. The molecule has 0 spiro atoms. The first-order valence-corrected chi connectivity index (χ1v) is 8.13. The summed E-state index contributed by atoms with van der Waals surface area (Å²) in [5.74, 6) is 2.23. The van der Waals surface area contributed by atoms with Crippen LogP contribution in [0, 0.1) is 13.8 Å². The van der Waals surface area contributed by atoms with Crippen LogP contribution in [0.15, 0.2) is 17.5 Å². The van der Waals surface area contributed by atoms with Crippen molar-refractivity contribution in [1.82, 2.24) is 15.3 Å². The zero-order chi connectivity index (χ0) is 15.9. The Balaban J connectivity index is 1.80. The van der Waals surface area contributed by atoms with Crippen LogP contribution in [0.3, 0.4) is 0 Å². The van der Waals surface area contributed by atoms with E-state index in [1.54, 1.807) is 0 Å². The van der Waals surface area contributed by atoms with Crippen molar-refractivity contribution in [2.45, 2.75) is 20.8 Å². The molecule has 0 unspecified atom stereocenters. The van der Waals surface area contributed by atoms with Crippen molar-refractivity contribution < 1.29 is 4.79 Å². The predicted molar refractivity (Wildman–Crippen MR) is 90.8 cm³/mol. The number of amides is 1. The van der Waals surface area contributed by atoms with Crippen molar-refractivity contribution in [1.29, 1.82) is 0 Å². The van der Waals surface area contributed by atoms with Gasteiger partial charge in [0.15, 0.2) is 0 Å². The Hall–Kier alpha value is -2.15. The fraction of sp³-hybridized carbons (Fsp3) is 0.400. The summed E-state index contributed by atoms with van der Waals surface area (Å²) in [4.78, 5) is 21.3. The number of thiophene rings is 1. The smallest absolute Gasteiger partial charge is 0.261 e. The van der Waals surface area contributed by atoms with Crippen LogP contribution in [-0.2, 0) is 0 Å². The van der Waals surface area contributed by atoms with Gasteiger partial charge >= 0.3 is 0 Å². The summed E-state index contributed by atoms with van der Waals surface area (Å²) in [6, 6.07) is 3.75. The molecular weight excluding hydrogens is 298 g/mol. The predicted octanol–water partition coefficient (Wildman–Crippen LogP) is 2.43. The van der Waals surface area contributed by atoms with Crippen LogP contribution in [0.4, 0.5) is 11.6 Å². The van der Waals surface area contributed by atoms with Gasteiger partial charge in [-0.3, -0.25) is 4.79 Å². The van der Waals surface area contributed by atoms with Gasteiger partial charge in [-0.05, 0) is 37.8 Å². The number of aryl methyl sites for hydroxylation is 2. The maximum absolute atomic E-state index is 11.9. The SMILES string of the molecule is CCNc1cc(NCCNC(=O)c2cc(C)cs2)nc(C)n1. The highest BCUT2D eigenvalue weighted by molar-refractivity contribution is 7.12. The molecule has 0 radical (unpaired) electrons. The minimum Gasteiger partial charge on any atom is -0.370 e. The van der Waals surface area contributed by atoms with E-state index in [-0.39, 0.29) is 5.91 Å². The highest BCUT2D eigenvalue weighted by atomic mass is 32.1. The molecule has 0 saturated carbocycles. The Kier molecular flexibility index (Phi) is 5.71. The molecule has 0 aromatic carbocycles. The summed E-state index contributed by atoms with van der Waals surface area (Å²) < 4.78 is 0. The lowest BCUT2D eigenvalue weighted by molar-refractivity contribution is 0.0959. The van der Waals surface area contributed by atoms with Crippen molar-refractivity contribution in [2.24, 2.45) is 0 Å². The molecule has 7 heteroatoms. The molecule has 2 rings (SSSR count). The van der Waals surface area contributed by atoms with E-state index in [0.29, 0.717) is 18.9 Å². The van der Waals surface area contributed by atoms with Crippen LogP contribution < -0.4 is 16.0 Å². The zero-order valence-corrected chi connectivity index (χ0v) is 13.9. The average Bonchev–Trinajstić information content (AvgIpc) is 2.90. The second-order valence-electron chi connectivity index (χ2n) is 4.89. The normalized spacial score (nSPS) is 10.3. The lowest BCUT2D eigenvalue weighted by atomic mass is 10.3. The first-order valence-electron chi connectivity index (χ1n) is 7.25. The Morgan fingerprint density at radius 2 is 1.86 bits per heavy atom. The second kappa shape index (κ2) is 7.74. The molecule has 2 heterocycles. The summed E-state index contributed by atoms with van der Waals surface area (Å²) in [5.41, 5.74) is 1.11. The minimum atomic E-state index is -0.0351. The molecule has 0 aliphatic carbocycles. The molecular formula is C15H21N5OS. The van der Waals surface area contributed by atoms with E-state index in [1.807, 2.05) is 38.3 Å². The van der Waals surface area contributed by atoms with Gasteiger partial charge in [0.1, 0.15) is 17.5 Å². The van der Waals surface area contributed by atoms with Crippen LogP contribution in [0.2, 0.25) is 0 Å². The molecule has 1 amide bonds. The van der Waals surface area contributed by atoms with Gasteiger partial charge in [0, 0.05) is 25.7 Å². The first kappa shape index (κ1) is 16.2. The number of nitrogens with zero attached hydrogens (tertiary/aromatic N) is 2. The topological polar surface area (TPSA) is 78.9 Å². The molecule has 0 saturated heterocycles. The molecule has 3 N–H and O–H groups in total. The molecule has 2 aromatic rings. The van der Waals surface area contributed by atoms with Crippen LogP contribution in [0.25, 0.3) is 0 Å². The number of rotatable bonds is 7. The van der Waals surface area contributed by atoms with Gasteiger partial charge in [0.2, 0.25) is 0 Å². The van der Waals surface area contributed by atoms with Gasteiger partial charge in [0.25, 0.3) is 5.91 Å².